The summed E-state index contributed by atoms with van der Waals surface area (Å²) in [5.41, 5.74) is 0.113. The first kappa shape index (κ1) is 14.1. The van der Waals surface area contributed by atoms with Gasteiger partial charge in [0.1, 0.15) is 5.00 Å². The molecule has 1 fully saturated rings. The fraction of sp³-hybridized carbons (Fsp3) is 0.467. The van der Waals surface area contributed by atoms with Crippen LogP contribution in [-0.4, -0.2) is 27.0 Å². The largest absolute Gasteiger partial charge is 0.486 e. The minimum absolute atomic E-state index is 0.111. The van der Waals surface area contributed by atoms with Crippen LogP contribution in [0.5, 0.6) is 5.75 Å². The van der Waals surface area contributed by atoms with Crippen molar-refractivity contribution in [2.45, 2.75) is 45.1 Å². The summed E-state index contributed by atoms with van der Waals surface area (Å²) in [5, 5.41) is 14.5. The zero-order chi connectivity index (χ0) is 14.8. The third-order valence-electron chi connectivity index (χ3n) is 3.72. The Bertz CT molecular complexity index is 641. The number of aromatic carboxylic acids is 1. The maximum Gasteiger partial charge on any atom is 0.358 e. The van der Waals surface area contributed by atoms with Gasteiger partial charge in [-0.2, -0.15) is 5.10 Å². The van der Waals surface area contributed by atoms with Crippen LogP contribution in [0.3, 0.4) is 0 Å². The van der Waals surface area contributed by atoms with Crippen molar-refractivity contribution in [3.8, 4) is 10.8 Å². The Balaban J connectivity index is 1.90. The monoisotopic (exact) mass is 306 g/mol. The van der Waals surface area contributed by atoms with Gasteiger partial charge in [0, 0.05) is 4.88 Å². The summed E-state index contributed by atoms with van der Waals surface area (Å²) in [7, 11) is 0. The van der Waals surface area contributed by atoms with Gasteiger partial charge in [0.15, 0.2) is 11.4 Å². The predicted octanol–water partition coefficient (Wildman–Crippen LogP) is 3.65. The molecule has 5 nitrogen and oxygen atoms in total. The second-order valence-corrected chi connectivity index (χ2v) is 6.60. The average Bonchev–Trinajstić information content (AvgIpc) is 3.06. The number of carboxylic acid groups (broad SMARTS) is 1. The molecule has 1 aliphatic carbocycles. The summed E-state index contributed by atoms with van der Waals surface area (Å²) < 4.78 is 7.35. The van der Waals surface area contributed by atoms with E-state index in [1.807, 2.05) is 19.1 Å². The van der Waals surface area contributed by atoms with Crippen LogP contribution < -0.4 is 4.74 Å². The number of ether oxygens (including phenoxy) is 1. The van der Waals surface area contributed by atoms with Crippen LogP contribution in [0.25, 0.3) is 5.00 Å². The molecule has 1 aliphatic rings. The van der Waals surface area contributed by atoms with Gasteiger partial charge in [0.05, 0.1) is 12.3 Å². The SMILES string of the molecule is Cc1ccc(-n2ncc(OC3CCCCC3)c2C(=O)O)s1. The molecule has 112 valence electrons. The predicted molar refractivity (Wildman–Crippen MR) is 80.6 cm³/mol. The number of nitrogens with zero attached hydrogens (tertiary/aromatic N) is 2. The van der Waals surface area contributed by atoms with Crippen molar-refractivity contribution in [3.63, 3.8) is 0 Å². The quantitative estimate of drug-likeness (QED) is 0.936. The third-order valence-corrected chi connectivity index (χ3v) is 4.70. The highest BCUT2D eigenvalue weighted by molar-refractivity contribution is 7.14. The van der Waals surface area contributed by atoms with E-state index >= 15 is 0 Å². The second-order valence-electron chi connectivity index (χ2n) is 5.34. The molecule has 0 amide bonds. The Labute approximate surface area is 127 Å². The summed E-state index contributed by atoms with van der Waals surface area (Å²) in [5.74, 6) is -0.634. The molecule has 0 aliphatic heterocycles. The van der Waals surface area contributed by atoms with Gasteiger partial charge in [-0.3, -0.25) is 0 Å². The van der Waals surface area contributed by atoms with Gasteiger partial charge in [-0.25, -0.2) is 9.48 Å². The van der Waals surface area contributed by atoms with Crippen LogP contribution in [0, 0.1) is 6.92 Å². The molecule has 0 unspecified atom stereocenters. The van der Waals surface area contributed by atoms with Gasteiger partial charge in [-0.15, -0.1) is 11.3 Å². The van der Waals surface area contributed by atoms with E-state index in [2.05, 4.69) is 5.10 Å². The molecule has 0 radical (unpaired) electrons. The Morgan fingerprint density at radius 3 is 2.76 bits per heavy atom. The Hall–Kier alpha value is -1.82. The van der Waals surface area contributed by atoms with Crippen molar-refractivity contribution < 1.29 is 14.6 Å². The van der Waals surface area contributed by atoms with Crippen LogP contribution in [0.1, 0.15) is 47.5 Å². The van der Waals surface area contributed by atoms with Crippen molar-refractivity contribution in [2.24, 2.45) is 0 Å². The highest BCUT2D eigenvalue weighted by Gasteiger charge is 2.24. The van der Waals surface area contributed by atoms with E-state index in [1.54, 1.807) is 0 Å². The van der Waals surface area contributed by atoms with Crippen LogP contribution in [0.2, 0.25) is 0 Å². The topological polar surface area (TPSA) is 64.4 Å². The first-order valence-corrected chi connectivity index (χ1v) is 8.01. The van der Waals surface area contributed by atoms with E-state index in [-0.39, 0.29) is 11.8 Å². The molecule has 21 heavy (non-hydrogen) atoms. The Kier molecular flexibility index (Phi) is 3.96. The number of hydrogen-bond acceptors (Lipinski definition) is 4. The van der Waals surface area contributed by atoms with Gasteiger partial charge in [-0.05, 0) is 44.7 Å². The van der Waals surface area contributed by atoms with Crippen LogP contribution in [-0.2, 0) is 0 Å². The Morgan fingerprint density at radius 1 is 1.38 bits per heavy atom. The van der Waals surface area contributed by atoms with E-state index in [0.29, 0.717) is 5.75 Å². The zero-order valence-electron chi connectivity index (χ0n) is 11.9. The fourth-order valence-corrected chi connectivity index (χ4v) is 3.51. The normalized spacial score (nSPS) is 16.0. The maximum atomic E-state index is 11.6. The number of thiophene rings is 1. The van der Waals surface area contributed by atoms with Crippen LogP contribution >= 0.6 is 11.3 Å². The van der Waals surface area contributed by atoms with Crippen molar-refractivity contribution in [1.82, 2.24) is 9.78 Å². The molecule has 0 aromatic carbocycles. The molecule has 3 rings (SSSR count). The van der Waals surface area contributed by atoms with E-state index in [0.717, 1.165) is 35.6 Å². The van der Waals surface area contributed by atoms with Crippen molar-refractivity contribution in [1.29, 1.82) is 0 Å². The molecular formula is C15H18N2O3S. The van der Waals surface area contributed by atoms with E-state index in [4.69, 9.17) is 4.74 Å². The van der Waals surface area contributed by atoms with Crippen molar-refractivity contribution in [3.05, 3.63) is 28.9 Å². The lowest BCUT2D eigenvalue weighted by molar-refractivity contribution is 0.0676. The van der Waals surface area contributed by atoms with E-state index < -0.39 is 5.97 Å². The molecule has 0 spiro atoms. The standard InChI is InChI=1S/C15H18N2O3S/c1-10-7-8-13(21-10)17-14(15(18)19)12(9-16-17)20-11-5-3-2-4-6-11/h7-9,11H,2-6H2,1H3,(H,18,19). The minimum atomic E-state index is -1.01. The molecule has 2 aromatic rings. The van der Waals surface area contributed by atoms with Crippen molar-refractivity contribution >= 4 is 17.3 Å². The summed E-state index contributed by atoms with van der Waals surface area (Å²) in [4.78, 5) is 12.7. The van der Waals surface area contributed by atoms with Gasteiger partial charge < -0.3 is 9.84 Å². The maximum absolute atomic E-state index is 11.6. The average molecular weight is 306 g/mol. The molecule has 6 heteroatoms. The summed E-state index contributed by atoms with van der Waals surface area (Å²) >= 11 is 1.51. The molecular weight excluding hydrogens is 288 g/mol. The first-order valence-electron chi connectivity index (χ1n) is 7.20. The second kappa shape index (κ2) is 5.89. The summed E-state index contributed by atoms with van der Waals surface area (Å²) in [6.07, 6.45) is 7.13. The lowest BCUT2D eigenvalue weighted by Crippen LogP contribution is -2.21. The molecule has 2 heterocycles. The smallest absolute Gasteiger partial charge is 0.358 e. The van der Waals surface area contributed by atoms with Crippen LogP contribution in [0.4, 0.5) is 0 Å². The number of carboxylic acids is 1. The first-order chi connectivity index (χ1) is 10.1. The van der Waals surface area contributed by atoms with Gasteiger partial charge in [0.25, 0.3) is 0 Å². The summed E-state index contributed by atoms with van der Waals surface area (Å²) in [6.45, 7) is 1.98. The fourth-order valence-electron chi connectivity index (χ4n) is 2.68. The zero-order valence-corrected chi connectivity index (χ0v) is 12.7. The van der Waals surface area contributed by atoms with Gasteiger partial charge in [0.2, 0.25) is 0 Å². The van der Waals surface area contributed by atoms with Crippen molar-refractivity contribution in [2.75, 3.05) is 0 Å². The molecule has 0 saturated heterocycles. The molecule has 2 aromatic heterocycles. The minimum Gasteiger partial charge on any atom is -0.486 e. The molecule has 1 saturated carbocycles. The molecule has 0 bridgehead atoms. The summed E-state index contributed by atoms with van der Waals surface area (Å²) in [6, 6.07) is 3.83. The number of hydrogen-bond donors (Lipinski definition) is 1. The van der Waals surface area contributed by atoms with E-state index in [1.165, 1.54) is 28.6 Å². The molecule has 0 atom stereocenters. The lowest BCUT2D eigenvalue weighted by Gasteiger charge is -2.22. The van der Waals surface area contributed by atoms with Gasteiger partial charge >= 0.3 is 5.97 Å². The third kappa shape index (κ3) is 2.95. The highest BCUT2D eigenvalue weighted by Crippen LogP contribution is 2.29. The number of aryl methyl sites for hydroxylation is 1. The van der Waals surface area contributed by atoms with E-state index in [9.17, 15) is 9.90 Å². The van der Waals surface area contributed by atoms with Crippen LogP contribution in [0.15, 0.2) is 18.3 Å². The Morgan fingerprint density at radius 2 is 2.14 bits per heavy atom. The number of rotatable bonds is 4. The van der Waals surface area contributed by atoms with Gasteiger partial charge in [-0.1, -0.05) is 6.42 Å². The lowest BCUT2D eigenvalue weighted by atomic mass is 9.98. The number of carbonyl (C=O) groups is 1. The number of aromatic nitrogens is 2. The highest BCUT2D eigenvalue weighted by atomic mass is 32.1. The molecule has 1 N–H and O–H groups in total.